The van der Waals surface area contributed by atoms with Gasteiger partial charge in [0.05, 0.1) is 34.0 Å². The van der Waals surface area contributed by atoms with E-state index < -0.39 is 5.41 Å². The van der Waals surface area contributed by atoms with E-state index in [4.69, 9.17) is 27.9 Å². The lowest BCUT2D eigenvalue weighted by Gasteiger charge is -2.66. The Kier molecular flexibility index (Phi) is 4.32. The van der Waals surface area contributed by atoms with Crippen LogP contribution >= 0.6 is 23.2 Å². The van der Waals surface area contributed by atoms with Crippen LogP contribution in [0.1, 0.15) is 57.6 Å². The predicted octanol–water partition coefficient (Wildman–Crippen LogP) is 5.27. The Balaban J connectivity index is 1.52. The number of hydrogen-bond acceptors (Lipinski definition) is 3. The van der Waals surface area contributed by atoms with E-state index in [1.54, 1.807) is 6.07 Å². The molecule has 4 bridgehead atoms. The lowest BCUT2D eigenvalue weighted by Crippen LogP contribution is -2.70. The first kappa shape index (κ1) is 19.7. The van der Waals surface area contributed by atoms with E-state index in [0.717, 1.165) is 37.7 Å². The van der Waals surface area contributed by atoms with Crippen molar-refractivity contribution >= 4 is 35.1 Å². The summed E-state index contributed by atoms with van der Waals surface area (Å²) in [6.07, 6.45) is 4.80. The third kappa shape index (κ3) is 2.57. The molecular formula is C23H27Cl2NO3. The first-order valence-corrected chi connectivity index (χ1v) is 11.3. The second-order valence-corrected chi connectivity index (χ2v) is 11.0. The van der Waals surface area contributed by atoms with E-state index in [-0.39, 0.29) is 29.4 Å². The topological polar surface area (TPSA) is 46.6 Å². The number of ether oxygens (including phenoxy) is 1. The fourth-order valence-corrected chi connectivity index (χ4v) is 7.76. The number of halogens is 2. The van der Waals surface area contributed by atoms with Gasteiger partial charge < -0.3 is 9.64 Å². The number of carbonyl (C=O) groups is 2. The summed E-state index contributed by atoms with van der Waals surface area (Å²) < 4.78 is 5.19. The van der Waals surface area contributed by atoms with Crippen LogP contribution in [0.2, 0.25) is 10.0 Å². The van der Waals surface area contributed by atoms with Gasteiger partial charge in [0.25, 0.3) is 0 Å². The average Bonchev–Trinajstić information content (AvgIpc) is 2.68. The molecular weight excluding hydrogens is 409 g/mol. The Labute approximate surface area is 181 Å². The molecule has 1 heterocycles. The van der Waals surface area contributed by atoms with Crippen molar-refractivity contribution in [3.63, 3.8) is 0 Å². The van der Waals surface area contributed by atoms with Gasteiger partial charge in [0, 0.05) is 6.04 Å². The molecule has 156 valence electrons. The number of esters is 1. The summed E-state index contributed by atoms with van der Waals surface area (Å²) in [6, 6.07) is 5.77. The molecule has 0 radical (unpaired) electrons. The lowest BCUT2D eigenvalue weighted by atomic mass is 9.47. The first-order valence-electron chi connectivity index (χ1n) is 10.5. The summed E-state index contributed by atoms with van der Waals surface area (Å²) in [6.45, 7) is 4.00. The van der Waals surface area contributed by atoms with Crippen LogP contribution in [0, 0.1) is 28.6 Å². The molecule has 1 saturated heterocycles. The standard InChI is InChI=1S/C23H27Cl2NO3/c1-22(2)19(15-5-4-6-16(24)17(15)25)26(20(22)27)18-13-7-12-8-14(18)11-23(9-12,10-13)21(28)29-3/h4-6,12-14,18-19H,7-11H2,1-3H3/t12?,13?,14?,18-,19?,23-. The van der Waals surface area contributed by atoms with Crippen LogP contribution in [0.5, 0.6) is 0 Å². The monoisotopic (exact) mass is 435 g/mol. The third-order valence-electron chi connectivity index (χ3n) is 8.19. The van der Waals surface area contributed by atoms with Crippen molar-refractivity contribution in [1.82, 2.24) is 4.90 Å². The minimum Gasteiger partial charge on any atom is -0.469 e. The lowest BCUT2D eigenvalue weighted by molar-refractivity contribution is -0.203. The van der Waals surface area contributed by atoms with E-state index in [1.165, 1.54) is 7.11 Å². The largest absolute Gasteiger partial charge is 0.469 e. The molecule has 1 aromatic rings. The number of likely N-dealkylation sites (tertiary alicyclic amines) is 1. The first-order chi connectivity index (χ1) is 13.7. The maximum atomic E-state index is 13.3. The Morgan fingerprint density at radius 2 is 1.79 bits per heavy atom. The number of amides is 1. The molecule has 3 atom stereocenters. The normalized spacial score (nSPS) is 39.4. The molecule has 1 amide bonds. The van der Waals surface area contributed by atoms with Crippen LogP contribution in [0.3, 0.4) is 0 Å². The van der Waals surface area contributed by atoms with Gasteiger partial charge in [-0.25, -0.2) is 0 Å². The minimum absolute atomic E-state index is 0.0555. The van der Waals surface area contributed by atoms with Gasteiger partial charge >= 0.3 is 5.97 Å². The number of nitrogens with zero attached hydrogens (tertiary/aromatic N) is 1. The van der Waals surface area contributed by atoms with E-state index >= 15 is 0 Å². The van der Waals surface area contributed by atoms with E-state index in [2.05, 4.69) is 4.90 Å². The molecule has 6 heteroatoms. The molecule has 0 N–H and O–H groups in total. The van der Waals surface area contributed by atoms with Gasteiger partial charge in [0.1, 0.15) is 0 Å². The van der Waals surface area contributed by atoms with Crippen molar-refractivity contribution in [2.45, 2.75) is 58.0 Å². The number of benzene rings is 1. The van der Waals surface area contributed by atoms with Crippen LogP contribution in [-0.2, 0) is 14.3 Å². The second-order valence-electron chi connectivity index (χ2n) is 10.2. The van der Waals surface area contributed by atoms with Crippen molar-refractivity contribution in [3.05, 3.63) is 33.8 Å². The number of methoxy groups -OCH3 is 1. The minimum atomic E-state index is -0.511. The van der Waals surface area contributed by atoms with Crippen LogP contribution in [-0.4, -0.2) is 29.9 Å². The van der Waals surface area contributed by atoms with Gasteiger partial charge in [0.15, 0.2) is 0 Å². The summed E-state index contributed by atoms with van der Waals surface area (Å²) in [5, 5.41) is 1.06. The van der Waals surface area contributed by atoms with Crippen LogP contribution in [0.15, 0.2) is 18.2 Å². The quantitative estimate of drug-likeness (QED) is 0.479. The molecule has 3 unspecified atom stereocenters. The molecule has 4 saturated carbocycles. The van der Waals surface area contributed by atoms with Crippen molar-refractivity contribution < 1.29 is 14.3 Å². The Morgan fingerprint density at radius 3 is 2.41 bits per heavy atom. The van der Waals surface area contributed by atoms with Crippen molar-refractivity contribution in [3.8, 4) is 0 Å². The van der Waals surface area contributed by atoms with E-state index in [0.29, 0.717) is 27.8 Å². The maximum Gasteiger partial charge on any atom is 0.311 e. The van der Waals surface area contributed by atoms with Gasteiger partial charge in [-0.3, -0.25) is 9.59 Å². The second kappa shape index (κ2) is 6.37. The van der Waals surface area contributed by atoms with Gasteiger partial charge in [0.2, 0.25) is 5.91 Å². The molecule has 1 aliphatic heterocycles. The fraction of sp³-hybridized carbons (Fsp3) is 0.652. The summed E-state index contributed by atoms with van der Waals surface area (Å²) in [7, 11) is 1.50. The van der Waals surface area contributed by atoms with Crippen molar-refractivity contribution in [1.29, 1.82) is 0 Å². The SMILES string of the molecule is COC(=O)[C@]12CC3CC(C1)[C@@H](N1C(=O)C(C)(C)C1c1cccc(Cl)c1Cl)C(C3)C2. The van der Waals surface area contributed by atoms with Gasteiger partial charge in [-0.2, -0.15) is 0 Å². The van der Waals surface area contributed by atoms with Crippen LogP contribution in [0.4, 0.5) is 0 Å². The van der Waals surface area contributed by atoms with Gasteiger partial charge in [-0.15, -0.1) is 0 Å². The molecule has 6 rings (SSSR count). The summed E-state index contributed by atoms with van der Waals surface area (Å²) in [5.41, 5.74) is 0.0810. The number of carbonyl (C=O) groups excluding carboxylic acids is 2. The van der Waals surface area contributed by atoms with Crippen molar-refractivity contribution in [2.75, 3.05) is 7.11 Å². The molecule has 5 fully saturated rings. The van der Waals surface area contributed by atoms with E-state index in [9.17, 15) is 9.59 Å². The average molecular weight is 436 g/mol. The van der Waals surface area contributed by atoms with Gasteiger partial charge in [-0.05, 0) is 75.3 Å². The highest BCUT2D eigenvalue weighted by molar-refractivity contribution is 6.42. The highest BCUT2D eigenvalue weighted by Crippen LogP contribution is 2.65. The Hall–Kier alpha value is -1.26. The zero-order valence-corrected chi connectivity index (χ0v) is 18.6. The van der Waals surface area contributed by atoms with Crippen LogP contribution < -0.4 is 0 Å². The Bertz CT molecular complexity index is 882. The molecule has 29 heavy (non-hydrogen) atoms. The highest BCUT2D eigenvalue weighted by Gasteiger charge is 2.66. The maximum absolute atomic E-state index is 13.3. The van der Waals surface area contributed by atoms with Crippen molar-refractivity contribution in [2.24, 2.45) is 28.6 Å². The molecule has 4 aliphatic carbocycles. The zero-order chi connectivity index (χ0) is 20.7. The molecule has 0 aromatic heterocycles. The summed E-state index contributed by atoms with van der Waals surface area (Å²) in [5.74, 6) is 1.39. The molecule has 5 aliphatic rings. The number of β-lactam (4-membered cyclic amide) rings is 1. The van der Waals surface area contributed by atoms with Gasteiger partial charge in [-0.1, -0.05) is 35.3 Å². The fourth-order valence-electron chi connectivity index (χ4n) is 7.34. The zero-order valence-electron chi connectivity index (χ0n) is 17.1. The summed E-state index contributed by atoms with van der Waals surface area (Å²) >= 11 is 12.9. The molecule has 4 nitrogen and oxygen atoms in total. The Morgan fingerprint density at radius 1 is 1.14 bits per heavy atom. The predicted molar refractivity (Wildman–Crippen MR) is 112 cm³/mol. The molecule has 0 spiro atoms. The molecule has 1 aromatic carbocycles. The highest BCUT2D eigenvalue weighted by atomic mass is 35.5. The number of hydrogen-bond donors (Lipinski definition) is 0. The summed E-state index contributed by atoms with van der Waals surface area (Å²) in [4.78, 5) is 28.0. The smallest absolute Gasteiger partial charge is 0.311 e. The van der Waals surface area contributed by atoms with Crippen LogP contribution in [0.25, 0.3) is 0 Å². The third-order valence-corrected chi connectivity index (χ3v) is 9.02. The van der Waals surface area contributed by atoms with E-state index in [1.807, 2.05) is 26.0 Å². The number of rotatable bonds is 3.